The Morgan fingerprint density at radius 3 is 2.84 bits per heavy atom. The van der Waals surface area contributed by atoms with E-state index in [9.17, 15) is 0 Å². The van der Waals surface area contributed by atoms with Crippen LogP contribution < -0.4 is 10.2 Å². The first-order chi connectivity index (χ1) is 15.7. The van der Waals surface area contributed by atoms with Crippen LogP contribution in [0.1, 0.15) is 47.5 Å². The Bertz CT molecular complexity index is 1330. The topological polar surface area (TPSA) is 86.7 Å². The summed E-state index contributed by atoms with van der Waals surface area (Å²) >= 11 is 0. The molecule has 1 aliphatic carbocycles. The first-order valence-corrected chi connectivity index (χ1v) is 10.7. The van der Waals surface area contributed by atoms with Crippen molar-refractivity contribution in [1.82, 2.24) is 20.0 Å². The molecule has 0 saturated heterocycles. The van der Waals surface area contributed by atoms with E-state index in [-0.39, 0.29) is 6.04 Å². The zero-order chi connectivity index (χ0) is 21.7. The fourth-order valence-corrected chi connectivity index (χ4v) is 4.04. The molecule has 0 amide bonds. The Morgan fingerprint density at radius 1 is 1.16 bits per heavy atom. The van der Waals surface area contributed by atoms with Crippen molar-refractivity contribution in [2.24, 2.45) is 4.99 Å². The van der Waals surface area contributed by atoms with Crippen LogP contribution in [0.15, 0.2) is 58.3 Å². The molecule has 8 heteroatoms. The molecule has 1 saturated carbocycles. The number of pyridine rings is 1. The van der Waals surface area contributed by atoms with Gasteiger partial charge in [-0.3, -0.25) is 9.83 Å². The molecule has 2 aliphatic rings. The second kappa shape index (κ2) is 7.49. The fourth-order valence-electron chi connectivity index (χ4n) is 4.04. The van der Waals surface area contributed by atoms with Crippen LogP contribution >= 0.6 is 0 Å². The third-order valence-electron chi connectivity index (χ3n) is 5.90. The molecule has 1 fully saturated rings. The predicted molar refractivity (Wildman–Crippen MR) is 119 cm³/mol. The van der Waals surface area contributed by atoms with Gasteiger partial charge in [0.1, 0.15) is 35.4 Å². The van der Waals surface area contributed by atoms with E-state index in [1.54, 1.807) is 13.4 Å². The highest BCUT2D eigenvalue weighted by molar-refractivity contribution is 5.97. The summed E-state index contributed by atoms with van der Waals surface area (Å²) in [6.45, 7) is 2.32. The van der Waals surface area contributed by atoms with E-state index in [0.717, 1.165) is 28.1 Å². The minimum atomic E-state index is -0.258. The van der Waals surface area contributed by atoms with E-state index >= 15 is 0 Å². The molecule has 1 atom stereocenters. The summed E-state index contributed by atoms with van der Waals surface area (Å²) in [4.78, 5) is 19.4. The molecule has 1 aromatic carbocycles. The number of benzene rings is 1. The van der Waals surface area contributed by atoms with Gasteiger partial charge in [0, 0.05) is 11.6 Å². The van der Waals surface area contributed by atoms with E-state index in [4.69, 9.17) is 19.0 Å². The number of hydrogen-bond acceptors (Lipinski definition) is 7. The molecule has 1 unspecified atom stereocenters. The highest BCUT2D eigenvalue weighted by Crippen LogP contribution is 2.41. The number of rotatable bonds is 5. The number of hydrogen-bond donors (Lipinski definition) is 1. The Balaban J connectivity index is 1.32. The quantitative estimate of drug-likeness (QED) is 0.511. The summed E-state index contributed by atoms with van der Waals surface area (Å²) in [6.07, 6.45) is 6.19. The van der Waals surface area contributed by atoms with Crippen molar-refractivity contribution < 1.29 is 14.0 Å². The lowest BCUT2D eigenvalue weighted by Crippen LogP contribution is -2.33. The maximum atomic E-state index is 6.16. The number of aryl methyl sites for hydroxylation is 1. The Hall–Kier alpha value is -3.65. The third-order valence-corrected chi connectivity index (χ3v) is 5.90. The van der Waals surface area contributed by atoms with Gasteiger partial charge in [0.15, 0.2) is 5.84 Å². The molecule has 4 aromatic rings. The van der Waals surface area contributed by atoms with Gasteiger partial charge in [-0.15, -0.1) is 0 Å². The molecule has 6 rings (SSSR count). The van der Waals surface area contributed by atoms with Crippen LogP contribution in [0.25, 0.3) is 16.7 Å². The molecule has 162 valence electrons. The number of fused-ring (bicyclic) bond motifs is 1. The summed E-state index contributed by atoms with van der Waals surface area (Å²) in [5.41, 5.74) is 7.49. The maximum Gasteiger partial charge on any atom is 0.238 e. The summed E-state index contributed by atoms with van der Waals surface area (Å²) < 4.78 is 13.6. The van der Waals surface area contributed by atoms with Gasteiger partial charge in [-0.2, -0.15) is 0 Å². The van der Waals surface area contributed by atoms with Gasteiger partial charge >= 0.3 is 0 Å². The highest BCUT2D eigenvalue weighted by Gasteiger charge is 2.26. The Labute approximate surface area is 184 Å². The second-order valence-electron chi connectivity index (χ2n) is 8.27. The number of methoxy groups -OCH3 is 1. The minimum Gasteiger partial charge on any atom is -0.479 e. The molecule has 0 bridgehead atoms. The van der Waals surface area contributed by atoms with Crippen molar-refractivity contribution in [1.29, 1.82) is 0 Å². The van der Waals surface area contributed by atoms with Crippen LogP contribution in [-0.2, 0) is 4.84 Å². The van der Waals surface area contributed by atoms with Crippen molar-refractivity contribution in [3.05, 3.63) is 71.6 Å². The summed E-state index contributed by atoms with van der Waals surface area (Å²) in [5, 5.41) is 1.08. The van der Waals surface area contributed by atoms with Gasteiger partial charge in [-0.25, -0.2) is 15.4 Å². The van der Waals surface area contributed by atoms with Crippen molar-refractivity contribution in [3.63, 3.8) is 0 Å². The number of aromatic nitrogens is 3. The van der Waals surface area contributed by atoms with Crippen LogP contribution in [0.4, 0.5) is 0 Å². The molecule has 8 nitrogen and oxygen atoms in total. The van der Waals surface area contributed by atoms with Gasteiger partial charge in [0.05, 0.1) is 19.1 Å². The second-order valence-corrected chi connectivity index (χ2v) is 8.27. The van der Waals surface area contributed by atoms with Crippen LogP contribution in [-0.4, -0.2) is 34.1 Å². The number of ether oxygens (including phenoxy) is 1. The first kappa shape index (κ1) is 19.1. The molecule has 3 aromatic heterocycles. The summed E-state index contributed by atoms with van der Waals surface area (Å²) in [7, 11) is 1.60. The average Bonchev–Trinajstić information content (AvgIpc) is 3.45. The zero-order valence-corrected chi connectivity index (χ0v) is 17.9. The van der Waals surface area contributed by atoms with Crippen LogP contribution in [0, 0.1) is 6.92 Å². The molecular weight excluding hydrogens is 406 g/mol. The number of nitrogens with zero attached hydrogens (tertiary/aromatic N) is 4. The monoisotopic (exact) mass is 429 g/mol. The standard InChI is InChI=1S/C24H23N5O3/c1-14-11-29(13-25-14)20-8-7-18(27-24(20)30-2)23-26-19(12-31-28-23)22-10-17-6-5-16(15-3-4-15)9-21(17)32-22/h5-11,13,15,19H,3-4,12H2,1-2H3,(H,26,28). The molecule has 4 heterocycles. The number of amidine groups is 1. The number of hydroxylamine groups is 1. The third kappa shape index (κ3) is 3.42. The normalized spacial score (nSPS) is 18.4. The van der Waals surface area contributed by atoms with Gasteiger partial charge in [-0.1, -0.05) is 12.1 Å². The Kier molecular flexibility index (Phi) is 4.46. The molecular formula is C24H23N5O3. The first-order valence-electron chi connectivity index (χ1n) is 10.7. The Morgan fingerprint density at radius 2 is 2.06 bits per heavy atom. The average molecular weight is 429 g/mol. The van der Waals surface area contributed by atoms with Crippen molar-refractivity contribution in [3.8, 4) is 11.6 Å². The lowest BCUT2D eigenvalue weighted by atomic mass is 10.1. The molecule has 0 spiro atoms. The van der Waals surface area contributed by atoms with E-state index in [0.29, 0.717) is 29.9 Å². The van der Waals surface area contributed by atoms with E-state index in [2.05, 4.69) is 33.6 Å². The maximum absolute atomic E-state index is 6.16. The lowest BCUT2D eigenvalue weighted by molar-refractivity contribution is 0.0581. The van der Waals surface area contributed by atoms with Gasteiger partial charge in [0.25, 0.3) is 0 Å². The minimum absolute atomic E-state index is 0.258. The van der Waals surface area contributed by atoms with Crippen molar-refractivity contribution in [2.75, 3.05) is 13.7 Å². The van der Waals surface area contributed by atoms with Crippen molar-refractivity contribution >= 4 is 16.8 Å². The van der Waals surface area contributed by atoms with Crippen LogP contribution in [0.2, 0.25) is 0 Å². The summed E-state index contributed by atoms with van der Waals surface area (Å²) in [6, 6.07) is 12.1. The SMILES string of the molecule is COc1nc(C2=NC(c3cc4ccc(C5CC5)cc4o3)CON2)ccc1-n1cnc(C)c1. The molecule has 1 aliphatic heterocycles. The van der Waals surface area contributed by atoms with Gasteiger partial charge in [-0.05, 0) is 55.5 Å². The molecule has 1 N–H and O–H groups in total. The van der Waals surface area contributed by atoms with Crippen LogP contribution in [0.3, 0.4) is 0 Å². The van der Waals surface area contributed by atoms with Gasteiger partial charge < -0.3 is 13.7 Å². The van der Waals surface area contributed by atoms with Crippen molar-refractivity contribution in [2.45, 2.75) is 31.7 Å². The highest BCUT2D eigenvalue weighted by atomic mass is 16.6. The number of aliphatic imine (C=N–C) groups is 1. The predicted octanol–water partition coefficient (Wildman–Crippen LogP) is 4.23. The van der Waals surface area contributed by atoms with E-state index < -0.39 is 0 Å². The fraction of sp³-hybridized carbons (Fsp3) is 0.292. The lowest BCUT2D eigenvalue weighted by Gasteiger charge is -2.20. The van der Waals surface area contributed by atoms with E-state index in [1.165, 1.54) is 18.4 Å². The van der Waals surface area contributed by atoms with E-state index in [1.807, 2.05) is 35.9 Å². The number of furan rings is 1. The summed E-state index contributed by atoms with van der Waals surface area (Å²) in [5.74, 6) is 2.48. The zero-order valence-electron chi connectivity index (χ0n) is 17.9. The van der Waals surface area contributed by atoms with Gasteiger partial charge in [0.2, 0.25) is 5.88 Å². The molecule has 32 heavy (non-hydrogen) atoms. The number of nitrogens with one attached hydrogen (secondary N) is 1. The molecule has 0 radical (unpaired) electrons. The smallest absolute Gasteiger partial charge is 0.238 e. The largest absolute Gasteiger partial charge is 0.479 e. The number of imidazole rings is 1. The van der Waals surface area contributed by atoms with Crippen LogP contribution in [0.5, 0.6) is 5.88 Å².